The van der Waals surface area contributed by atoms with E-state index in [9.17, 15) is 4.39 Å². The Morgan fingerprint density at radius 1 is 0.840 bits per heavy atom. The molecule has 3 nitrogen and oxygen atoms in total. The van der Waals surface area contributed by atoms with Crippen molar-refractivity contribution in [3.63, 3.8) is 0 Å². The maximum atomic E-state index is 12.9. The van der Waals surface area contributed by atoms with Crippen molar-refractivity contribution < 1.29 is 4.39 Å². The van der Waals surface area contributed by atoms with Crippen molar-refractivity contribution in [2.24, 2.45) is 0 Å². The number of hydrogen-bond donors (Lipinski definition) is 2. The largest absolute Gasteiger partial charge is 0.359 e. The molecule has 0 radical (unpaired) electrons. The van der Waals surface area contributed by atoms with Gasteiger partial charge in [0, 0.05) is 19.6 Å². The first-order valence-corrected chi connectivity index (χ1v) is 9.16. The molecule has 2 aromatic rings. The third-order valence-electron chi connectivity index (χ3n) is 4.45. The summed E-state index contributed by atoms with van der Waals surface area (Å²) in [5.74, 6) is -0.224. The predicted octanol–water partition coefficient (Wildman–Crippen LogP) is 3.59. The zero-order chi connectivity index (χ0) is 17.5. The van der Waals surface area contributed by atoms with E-state index < -0.39 is 0 Å². The van der Waals surface area contributed by atoms with Crippen molar-refractivity contribution in [1.82, 2.24) is 15.5 Å². The molecule has 0 bridgehead atoms. The second kappa shape index (κ2) is 8.92. The first-order valence-electron chi connectivity index (χ1n) is 8.75. The molecule has 2 N–H and O–H groups in total. The van der Waals surface area contributed by atoms with Gasteiger partial charge in [-0.3, -0.25) is 4.90 Å². The Kier molecular flexibility index (Phi) is 6.36. The summed E-state index contributed by atoms with van der Waals surface area (Å²) in [6, 6.07) is 15.1. The van der Waals surface area contributed by atoms with E-state index >= 15 is 0 Å². The molecule has 0 amide bonds. The molecular weight excluding hydrogens is 333 g/mol. The Hall–Kier alpha value is -1.98. The van der Waals surface area contributed by atoms with Crippen molar-refractivity contribution >= 4 is 17.3 Å². The molecule has 0 unspecified atom stereocenters. The van der Waals surface area contributed by atoms with Gasteiger partial charge in [-0.25, -0.2) is 4.39 Å². The van der Waals surface area contributed by atoms with Crippen molar-refractivity contribution in [3.05, 3.63) is 71.0 Å². The van der Waals surface area contributed by atoms with Gasteiger partial charge in [-0.1, -0.05) is 36.4 Å². The summed E-state index contributed by atoms with van der Waals surface area (Å²) in [4.78, 5) is 2.50. The average Bonchev–Trinajstić information content (AvgIpc) is 3.14. The summed E-state index contributed by atoms with van der Waals surface area (Å²) in [5.41, 5.74) is 3.57. The zero-order valence-electron chi connectivity index (χ0n) is 14.3. The van der Waals surface area contributed by atoms with Gasteiger partial charge in [0.25, 0.3) is 0 Å². The Morgan fingerprint density at radius 3 is 1.88 bits per heavy atom. The van der Waals surface area contributed by atoms with Crippen LogP contribution in [0.4, 0.5) is 4.39 Å². The lowest BCUT2D eigenvalue weighted by molar-refractivity contribution is 0.331. The van der Waals surface area contributed by atoms with Gasteiger partial charge in [-0.2, -0.15) is 0 Å². The molecule has 1 saturated heterocycles. The fraction of sp³-hybridized carbons (Fsp3) is 0.350. The van der Waals surface area contributed by atoms with Crippen LogP contribution in [0, 0.1) is 5.82 Å². The van der Waals surface area contributed by atoms with Crippen LogP contribution in [0.1, 0.15) is 29.5 Å². The minimum atomic E-state index is -0.224. The number of likely N-dealkylation sites (tertiary alicyclic amines) is 1. The van der Waals surface area contributed by atoms with Crippen molar-refractivity contribution in [1.29, 1.82) is 0 Å². The quantitative estimate of drug-likeness (QED) is 0.773. The smallest absolute Gasteiger partial charge is 0.166 e. The standard InChI is InChI=1S/C20H24FN3S/c21-19-9-7-17(8-10-19)14-23-20(25)22-13-16-3-5-18(6-4-16)15-24-11-1-2-12-24/h3-10H,1-2,11-15H2,(H2,22,23,25). The van der Waals surface area contributed by atoms with Gasteiger partial charge in [0.1, 0.15) is 5.82 Å². The van der Waals surface area contributed by atoms with Gasteiger partial charge in [0.15, 0.2) is 5.11 Å². The monoisotopic (exact) mass is 357 g/mol. The molecule has 5 heteroatoms. The van der Waals surface area contributed by atoms with Crippen LogP contribution in [0.25, 0.3) is 0 Å². The molecule has 2 aromatic carbocycles. The number of benzene rings is 2. The van der Waals surface area contributed by atoms with Crippen LogP contribution in [-0.2, 0) is 19.6 Å². The molecule has 0 spiro atoms. The van der Waals surface area contributed by atoms with Gasteiger partial charge < -0.3 is 10.6 Å². The molecule has 1 fully saturated rings. The molecule has 0 aromatic heterocycles. The van der Waals surface area contributed by atoms with Crippen LogP contribution in [0.15, 0.2) is 48.5 Å². The molecule has 1 heterocycles. The van der Waals surface area contributed by atoms with Crippen LogP contribution in [0.5, 0.6) is 0 Å². The molecule has 132 valence electrons. The average molecular weight is 357 g/mol. The highest BCUT2D eigenvalue weighted by Gasteiger charge is 2.11. The lowest BCUT2D eigenvalue weighted by Gasteiger charge is -2.15. The highest BCUT2D eigenvalue weighted by atomic mass is 32.1. The number of halogens is 1. The van der Waals surface area contributed by atoms with Crippen LogP contribution in [-0.4, -0.2) is 23.1 Å². The fourth-order valence-corrected chi connectivity index (χ4v) is 3.14. The summed E-state index contributed by atoms with van der Waals surface area (Å²) in [6.07, 6.45) is 2.65. The van der Waals surface area contributed by atoms with Crippen LogP contribution >= 0.6 is 12.2 Å². The molecule has 3 rings (SSSR count). The normalized spacial score (nSPS) is 14.4. The first-order chi connectivity index (χ1) is 12.2. The Balaban J connectivity index is 1.39. The van der Waals surface area contributed by atoms with E-state index in [1.54, 1.807) is 12.1 Å². The second-order valence-corrected chi connectivity index (χ2v) is 6.87. The third-order valence-corrected chi connectivity index (χ3v) is 4.74. The number of hydrogen-bond acceptors (Lipinski definition) is 2. The Labute approximate surface area is 154 Å². The topological polar surface area (TPSA) is 27.3 Å². The molecular formula is C20H24FN3S. The number of thiocarbonyl (C=S) groups is 1. The second-order valence-electron chi connectivity index (χ2n) is 6.46. The van der Waals surface area contributed by atoms with E-state index in [0.29, 0.717) is 18.2 Å². The van der Waals surface area contributed by atoms with E-state index in [-0.39, 0.29) is 5.82 Å². The summed E-state index contributed by atoms with van der Waals surface area (Å²) < 4.78 is 12.9. The maximum absolute atomic E-state index is 12.9. The number of nitrogens with one attached hydrogen (secondary N) is 2. The first kappa shape index (κ1) is 17.8. The minimum Gasteiger partial charge on any atom is -0.359 e. The highest BCUT2D eigenvalue weighted by Crippen LogP contribution is 2.13. The predicted molar refractivity (Wildman–Crippen MR) is 104 cm³/mol. The number of rotatable bonds is 6. The minimum absolute atomic E-state index is 0.224. The Morgan fingerprint density at radius 2 is 1.32 bits per heavy atom. The van der Waals surface area contributed by atoms with Crippen LogP contribution < -0.4 is 10.6 Å². The van der Waals surface area contributed by atoms with Gasteiger partial charge in [-0.15, -0.1) is 0 Å². The van der Waals surface area contributed by atoms with Crippen LogP contribution in [0.2, 0.25) is 0 Å². The van der Waals surface area contributed by atoms with Crippen molar-refractivity contribution in [2.45, 2.75) is 32.5 Å². The van der Waals surface area contributed by atoms with Gasteiger partial charge >= 0.3 is 0 Å². The molecule has 1 aliphatic rings. The van der Waals surface area contributed by atoms with Crippen LogP contribution in [0.3, 0.4) is 0 Å². The fourth-order valence-electron chi connectivity index (χ4n) is 2.99. The Bertz CT molecular complexity index is 679. The van der Waals surface area contributed by atoms with E-state index in [4.69, 9.17) is 12.2 Å². The molecule has 0 aliphatic carbocycles. The molecule has 0 atom stereocenters. The van der Waals surface area contributed by atoms with Crippen molar-refractivity contribution in [2.75, 3.05) is 13.1 Å². The highest BCUT2D eigenvalue weighted by molar-refractivity contribution is 7.80. The summed E-state index contributed by atoms with van der Waals surface area (Å²) >= 11 is 5.30. The molecule has 0 saturated carbocycles. The van der Waals surface area contributed by atoms with Gasteiger partial charge in [-0.05, 0) is 67.0 Å². The van der Waals surface area contributed by atoms with E-state index in [0.717, 1.165) is 12.1 Å². The lowest BCUT2D eigenvalue weighted by atomic mass is 10.1. The van der Waals surface area contributed by atoms with Gasteiger partial charge in [0.05, 0.1) is 0 Å². The summed E-state index contributed by atoms with van der Waals surface area (Å²) in [7, 11) is 0. The number of nitrogens with zero attached hydrogens (tertiary/aromatic N) is 1. The van der Waals surface area contributed by atoms with Gasteiger partial charge in [0.2, 0.25) is 0 Å². The molecule has 25 heavy (non-hydrogen) atoms. The van der Waals surface area contributed by atoms with Crippen molar-refractivity contribution in [3.8, 4) is 0 Å². The SMILES string of the molecule is Fc1ccc(CNC(=S)NCc2ccc(CN3CCCC3)cc2)cc1. The zero-order valence-corrected chi connectivity index (χ0v) is 15.1. The summed E-state index contributed by atoms with van der Waals surface area (Å²) in [6.45, 7) is 4.76. The van der Waals surface area contributed by atoms with E-state index in [1.165, 1.54) is 49.2 Å². The van der Waals surface area contributed by atoms with E-state index in [2.05, 4.69) is 39.8 Å². The molecule has 1 aliphatic heterocycles. The summed E-state index contributed by atoms with van der Waals surface area (Å²) in [5, 5.41) is 6.95. The lowest BCUT2D eigenvalue weighted by Crippen LogP contribution is -2.34. The van der Waals surface area contributed by atoms with E-state index in [1.807, 2.05) is 0 Å². The maximum Gasteiger partial charge on any atom is 0.166 e. The third kappa shape index (κ3) is 5.80.